The van der Waals surface area contributed by atoms with Gasteiger partial charge in [0.25, 0.3) is 0 Å². The smallest absolute Gasteiger partial charge is 0.119 e. The van der Waals surface area contributed by atoms with Gasteiger partial charge in [0.2, 0.25) is 0 Å². The van der Waals surface area contributed by atoms with E-state index in [1.807, 2.05) is 13.8 Å². The van der Waals surface area contributed by atoms with Crippen molar-refractivity contribution < 1.29 is 19.7 Å². The molecular weight excluding hydrogens is 268 g/mol. The van der Waals surface area contributed by atoms with E-state index < -0.39 is 6.10 Å². The number of aldehydes is 1. The molecule has 1 aliphatic rings. The summed E-state index contributed by atoms with van der Waals surface area (Å²) in [6.07, 6.45) is 10.9. The second-order valence-corrected chi connectivity index (χ2v) is 4.82. The molecule has 0 spiro atoms. The van der Waals surface area contributed by atoms with Crippen molar-refractivity contribution >= 4 is 6.29 Å². The molecular formula is C17H38O4. The lowest BCUT2D eigenvalue weighted by atomic mass is 9.86. The first-order valence-electron chi connectivity index (χ1n) is 7.96. The minimum atomic E-state index is -0.403. The zero-order valence-electron chi connectivity index (χ0n) is 13.5. The zero-order valence-corrected chi connectivity index (χ0v) is 13.5. The number of rotatable bonds is 7. The van der Waals surface area contributed by atoms with Gasteiger partial charge in [0.05, 0.1) is 13.2 Å². The molecule has 1 fully saturated rings. The van der Waals surface area contributed by atoms with E-state index in [4.69, 9.17) is 10.2 Å². The highest BCUT2D eigenvalue weighted by atomic mass is 16.5. The molecule has 0 atom stereocenters. The van der Waals surface area contributed by atoms with Crippen molar-refractivity contribution in [1.82, 2.24) is 0 Å². The normalized spacial score (nSPS) is 14.2. The fraction of sp³-hybridized carbons (Fsp3) is 0.941. The van der Waals surface area contributed by atoms with E-state index in [0.29, 0.717) is 0 Å². The molecule has 4 nitrogen and oxygen atoms in total. The maximum Gasteiger partial charge on any atom is 0.119 e. The molecule has 21 heavy (non-hydrogen) atoms. The van der Waals surface area contributed by atoms with Crippen LogP contribution in [-0.2, 0) is 9.53 Å². The highest BCUT2D eigenvalue weighted by molar-refractivity contribution is 5.48. The quantitative estimate of drug-likeness (QED) is 0.557. The highest BCUT2D eigenvalue weighted by Gasteiger charge is 2.11. The number of hydrogen-bond acceptors (Lipinski definition) is 4. The molecule has 0 aromatic heterocycles. The molecule has 2 N–H and O–H groups in total. The summed E-state index contributed by atoms with van der Waals surface area (Å²) in [7, 11) is 1.44. The minimum Gasteiger partial charge on any atom is -0.394 e. The van der Waals surface area contributed by atoms with Gasteiger partial charge in [-0.2, -0.15) is 0 Å². The molecule has 0 unspecified atom stereocenters. The Hall–Kier alpha value is -0.450. The monoisotopic (exact) mass is 306 g/mol. The Kier molecular flexibility index (Phi) is 26.5. The summed E-state index contributed by atoms with van der Waals surface area (Å²) in [4.78, 5) is 10.0. The summed E-state index contributed by atoms with van der Waals surface area (Å²) >= 11 is 0. The Morgan fingerprint density at radius 3 is 2.00 bits per heavy atom. The van der Waals surface area contributed by atoms with Crippen LogP contribution >= 0.6 is 0 Å². The van der Waals surface area contributed by atoms with Crippen molar-refractivity contribution in [3.8, 4) is 0 Å². The third-order valence-electron chi connectivity index (χ3n) is 3.40. The van der Waals surface area contributed by atoms with Crippen LogP contribution < -0.4 is 0 Å². The van der Waals surface area contributed by atoms with Gasteiger partial charge in [-0.3, -0.25) is 0 Å². The van der Waals surface area contributed by atoms with E-state index in [2.05, 4.69) is 4.74 Å². The molecule has 0 bridgehead atoms. The predicted octanol–water partition coefficient (Wildman–Crippen LogP) is 3.58. The highest BCUT2D eigenvalue weighted by Crippen LogP contribution is 2.27. The molecule has 0 radical (unpaired) electrons. The van der Waals surface area contributed by atoms with Crippen LogP contribution in [0.15, 0.2) is 0 Å². The van der Waals surface area contributed by atoms with Gasteiger partial charge >= 0.3 is 0 Å². The third kappa shape index (κ3) is 17.5. The largest absolute Gasteiger partial charge is 0.394 e. The van der Waals surface area contributed by atoms with Gasteiger partial charge in [-0.05, 0) is 12.3 Å². The molecule has 0 aliphatic heterocycles. The first-order chi connectivity index (χ1) is 9.78. The van der Waals surface area contributed by atoms with Crippen LogP contribution in [0.5, 0.6) is 0 Å². The number of aliphatic hydroxyl groups is 2. The summed E-state index contributed by atoms with van der Waals surface area (Å²) in [5, 5.41) is 16.5. The fourth-order valence-corrected chi connectivity index (χ4v) is 2.17. The van der Waals surface area contributed by atoms with Crippen LogP contribution in [0.25, 0.3) is 0 Å². The topological polar surface area (TPSA) is 66.8 Å². The van der Waals surface area contributed by atoms with E-state index in [-0.39, 0.29) is 20.6 Å². The van der Waals surface area contributed by atoms with Crippen molar-refractivity contribution in [1.29, 1.82) is 0 Å². The number of hydrogen-bond donors (Lipinski definition) is 2. The van der Waals surface area contributed by atoms with Crippen molar-refractivity contribution in [3.63, 3.8) is 0 Å². The van der Waals surface area contributed by atoms with Crippen LogP contribution in [0, 0.1) is 5.92 Å². The van der Waals surface area contributed by atoms with Crippen LogP contribution in [0.2, 0.25) is 0 Å². The lowest BCUT2D eigenvalue weighted by molar-refractivity contribution is -0.108. The average molecular weight is 306 g/mol. The average Bonchev–Trinajstić information content (AvgIpc) is 2.53. The molecule has 0 aromatic rings. The number of carbonyl (C=O) groups excluding carboxylic acids is 1. The van der Waals surface area contributed by atoms with Crippen LogP contribution in [0.3, 0.4) is 0 Å². The molecule has 1 rings (SSSR count). The van der Waals surface area contributed by atoms with E-state index in [0.717, 1.165) is 25.0 Å². The summed E-state index contributed by atoms with van der Waals surface area (Å²) < 4.78 is 4.55. The Balaban J connectivity index is -0.000000285. The van der Waals surface area contributed by atoms with Crippen molar-refractivity contribution in [2.45, 2.75) is 78.7 Å². The number of methoxy groups -OCH3 is 1. The van der Waals surface area contributed by atoms with Crippen LogP contribution in [-0.4, -0.2) is 42.9 Å². The minimum absolute atomic E-state index is 0. The Bertz CT molecular complexity index is 170. The van der Waals surface area contributed by atoms with Gasteiger partial charge in [-0.25, -0.2) is 0 Å². The molecule has 0 heterocycles. The second-order valence-electron chi connectivity index (χ2n) is 4.82. The standard InChI is InChI=1S/C10H18O.C4H10O3.C2H6.CH4/c11-9-5-4-8-10-6-2-1-3-7-10;1-7-4(2-5)3-6;1-2;/h9-10H,1-8H2;4-6H,2-3H2,1H3;1-2H3;1H4. The zero-order chi connectivity index (χ0) is 15.6. The lowest BCUT2D eigenvalue weighted by Gasteiger charge is -2.20. The fourth-order valence-electron chi connectivity index (χ4n) is 2.17. The predicted molar refractivity (Wildman–Crippen MR) is 89.5 cm³/mol. The van der Waals surface area contributed by atoms with Gasteiger partial charge in [-0.15, -0.1) is 0 Å². The van der Waals surface area contributed by atoms with Gasteiger partial charge in [0.1, 0.15) is 12.4 Å². The number of aliphatic hydroxyl groups excluding tert-OH is 2. The van der Waals surface area contributed by atoms with Crippen molar-refractivity contribution in [2.24, 2.45) is 5.92 Å². The Labute approximate surface area is 131 Å². The van der Waals surface area contributed by atoms with E-state index in [1.165, 1.54) is 45.6 Å². The SMILES string of the molecule is C.CC.COC(CO)CO.O=CCCCC1CCCCC1. The van der Waals surface area contributed by atoms with Crippen LogP contribution in [0.1, 0.15) is 72.6 Å². The third-order valence-corrected chi connectivity index (χ3v) is 3.40. The first-order valence-corrected chi connectivity index (χ1v) is 7.96. The van der Waals surface area contributed by atoms with Crippen LogP contribution in [0.4, 0.5) is 0 Å². The Morgan fingerprint density at radius 1 is 1.14 bits per heavy atom. The summed E-state index contributed by atoms with van der Waals surface area (Å²) in [5.41, 5.74) is 0. The van der Waals surface area contributed by atoms with E-state index >= 15 is 0 Å². The molecule has 130 valence electrons. The second kappa shape index (κ2) is 21.8. The molecule has 0 amide bonds. The van der Waals surface area contributed by atoms with E-state index in [9.17, 15) is 4.79 Å². The maximum absolute atomic E-state index is 10.0. The van der Waals surface area contributed by atoms with E-state index in [1.54, 1.807) is 0 Å². The lowest BCUT2D eigenvalue weighted by Crippen LogP contribution is -2.19. The van der Waals surface area contributed by atoms with Gasteiger partial charge in [0, 0.05) is 13.5 Å². The summed E-state index contributed by atoms with van der Waals surface area (Å²) in [6, 6.07) is 0. The molecule has 1 saturated carbocycles. The maximum atomic E-state index is 10.0. The van der Waals surface area contributed by atoms with Gasteiger partial charge in [-0.1, -0.05) is 59.8 Å². The molecule has 0 aromatic carbocycles. The van der Waals surface area contributed by atoms with Gasteiger partial charge < -0.3 is 19.7 Å². The summed E-state index contributed by atoms with van der Waals surface area (Å²) in [6.45, 7) is 3.76. The molecule has 0 saturated heterocycles. The van der Waals surface area contributed by atoms with Crippen molar-refractivity contribution in [3.05, 3.63) is 0 Å². The van der Waals surface area contributed by atoms with Crippen molar-refractivity contribution in [2.75, 3.05) is 20.3 Å². The first kappa shape index (κ1) is 25.5. The molecule has 4 heteroatoms. The number of ether oxygens (including phenoxy) is 1. The number of unbranched alkanes of at least 4 members (excludes halogenated alkanes) is 1. The van der Waals surface area contributed by atoms with Gasteiger partial charge in [0.15, 0.2) is 0 Å². The Morgan fingerprint density at radius 2 is 1.67 bits per heavy atom. The molecule has 1 aliphatic carbocycles. The summed E-state index contributed by atoms with van der Waals surface area (Å²) in [5.74, 6) is 0.948. The number of carbonyl (C=O) groups is 1.